The molecule has 10 heavy (non-hydrogen) atoms. The Morgan fingerprint density at radius 2 is 2.40 bits per heavy atom. The first-order valence-electron chi connectivity index (χ1n) is 3.21. The molecular formula is C6H12BrNO2. The second kappa shape index (κ2) is 7.02. The van der Waals surface area contributed by atoms with Gasteiger partial charge in [0.2, 0.25) is 5.91 Å². The Bertz CT molecular complexity index is 97.7. The van der Waals surface area contributed by atoms with Crippen molar-refractivity contribution in [2.24, 2.45) is 0 Å². The van der Waals surface area contributed by atoms with E-state index in [1.807, 2.05) is 6.92 Å². The Balaban J connectivity index is 2.96. The molecule has 0 spiro atoms. The molecule has 0 saturated carbocycles. The molecule has 1 amide bonds. The number of hydrogen-bond acceptors (Lipinski definition) is 2. The minimum absolute atomic E-state index is 0.000275. The van der Waals surface area contributed by atoms with Gasteiger partial charge in [-0.15, -0.1) is 0 Å². The molecule has 0 bridgehead atoms. The van der Waals surface area contributed by atoms with E-state index in [1.54, 1.807) is 0 Å². The molecule has 4 heteroatoms. The number of nitrogens with one attached hydrogen (secondary N) is 1. The van der Waals surface area contributed by atoms with Crippen LogP contribution in [0.3, 0.4) is 0 Å². The van der Waals surface area contributed by atoms with Gasteiger partial charge in [0.25, 0.3) is 0 Å². The maximum Gasteiger partial charge on any atom is 0.230 e. The fourth-order valence-electron chi connectivity index (χ4n) is 0.454. The van der Waals surface area contributed by atoms with Crippen molar-refractivity contribution in [3.05, 3.63) is 0 Å². The van der Waals surface area contributed by atoms with Crippen LogP contribution in [-0.2, 0) is 9.53 Å². The van der Waals surface area contributed by atoms with Crippen molar-refractivity contribution >= 4 is 21.8 Å². The van der Waals surface area contributed by atoms with E-state index in [0.717, 1.165) is 0 Å². The van der Waals surface area contributed by atoms with Crippen molar-refractivity contribution < 1.29 is 9.53 Å². The molecule has 1 N–H and O–H groups in total. The second-order valence-electron chi connectivity index (χ2n) is 1.68. The third-order valence-electron chi connectivity index (χ3n) is 0.894. The van der Waals surface area contributed by atoms with Crippen LogP contribution in [0.15, 0.2) is 0 Å². The Labute approximate surface area is 69.3 Å². The zero-order chi connectivity index (χ0) is 7.82. The molecule has 60 valence electrons. The Kier molecular flexibility index (Phi) is 6.96. The van der Waals surface area contributed by atoms with E-state index in [4.69, 9.17) is 4.74 Å². The first kappa shape index (κ1) is 9.91. The van der Waals surface area contributed by atoms with Gasteiger partial charge in [0.15, 0.2) is 0 Å². The van der Waals surface area contributed by atoms with Gasteiger partial charge in [-0.3, -0.25) is 4.79 Å². The summed E-state index contributed by atoms with van der Waals surface area (Å²) in [5.74, 6) is -0.000275. The largest absolute Gasteiger partial charge is 0.380 e. The van der Waals surface area contributed by atoms with E-state index >= 15 is 0 Å². The fourth-order valence-corrected chi connectivity index (χ4v) is 0.652. The summed E-state index contributed by atoms with van der Waals surface area (Å²) in [6, 6.07) is 0. The third-order valence-corrected chi connectivity index (χ3v) is 1.40. The summed E-state index contributed by atoms with van der Waals surface area (Å²) in [4.78, 5) is 10.6. The van der Waals surface area contributed by atoms with Crippen LogP contribution in [0.5, 0.6) is 0 Å². The van der Waals surface area contributed by atoms with Crippen molar-refractivity contribution in [3.8, 4) is 0 Å². The van der Waals surface area contributed by atoms with Crippen molar-refractivity contribution in [2.75, 3.05) is 25.1 Å². The minimum atomic E-state index is -0.000275. The highest BCUT2D eigenvalue weighted by Crippen LogP contribution is 1.77. The number of amides is 1. The number of halogens is 1. The van der Waals surface area contributed by atoms with Crippen molar-refractivity contribution in [3.63, 3.8) is 0 Å². The summed E-state index contributed by atoms with van der Waals surface area (Å²) in [6.07, 6.45) is 0. The molecule has 0 rings (SSSR count). The van der Waals surface area contributed by atoms with Gasteiger partial charge in [-0.25, -0.2) is 0 Å². The average molecular weight is 210 g/mol. The summed E-state index contributed by atoms with van der Waals surface area (Å²) in [6.45, 7) is 3.81. The number of hydrogen-bond donors (Lipinski definition) is 1. The first-order valence-corrected chi connectivity index (χ1v) is 4.33. The van der Waals surface area contributed by atoms with Crippen LogP contribution in [0.4, 0.5) is 0 Å². The van der Waals surface area contributed by atoms with E-state index in [-0.39, 0.29) is 5.91 Å². The van der Waals surface area contributed by atoms with Crippen LogP contribution in [-0.4, -0.2) is 31.0 Å². The number of ether oxygens (including phenoxy) is 1. The summed E-state index contributed by atoms with van der Waals surface area (Å²) in [7, 11) is 0. The van der Waals surface area contributed by atoms with Crippen LogP contribution >= 0.6 is 15.9 Å². The maximum absolute atomic E-state index is 10.6. The van der Waals surface area contributed by atoms with Crippen LogP contribution in [0.25, 0.3) is 0 Å². The van der Waals surface area contributed by atoms with Gasteiger partial charge in [-0.1, -0.05) is 15.9 Å². The van der Waals surface area contributed by atoms with Crippen molar-refractivity contribution in [1.29, 1.82) is 0 Å². The topological polar surface area (TPSA) is 38.3 Å². The molecular weight excluding hydrogens is 198 g/mol. The summed E-state index contributed by atoms with van der Waals surface area (Å²) >= 11 is 3.03. The molecule has 3 nitrogen and oxygen atoms in total. The van der Waals surface area contributed by atoms with E-state index < -0.39 is 0 Å². The first-order chi connectivity index (χ1) is 4.81. The van der Waals surface area contributed by atoms with Crippen LogP contribution in [0, 0.1) is 0 Å². The molecule has 0 aromatic rings. The lowest BCUT2D eigenvalue weighted by Gasteiger charge is -2.01. The Hall–Kier alpha value is -0.0900. The van der Waals surface area contributed by atoms with Gasteiger partial charge in [-0.05, 0) is 6.92 Å². The molecule has 0 aromatic carbocycles. The molecule has 0 aliphatic heterocycles. The Morgan fingerprint density at radius 1 is 1.70 bits per heavy atom. The van der Waals surface area contributed by atoms with Gasteiger partial charge in [0.05, 0.1) is 11.9 Å². The normalized spacial score (nSPS) is 9.40. The summed E-state index contributed by atoms with van der Waals surface area (Å²) < 4.78 is 5.00. The molecule has 0 atom stereocenters. The van der Waals surface area contributed by atoms with Crippen molar-refractivity contribution in [2.45, 2.75) is 6.92 Å². The second-order valence-corrected chi connectivity index (χ2v) is 2.24. The highest BCUT2D eigenvalue weighted by molar-refractivity contribution is 9.09. The average Bonchev–Trinajstić information content (AvgIpc) is 1.98. The number of carbonyl (C=O) groups is 1. The molecule has 0 aromatic heterocycles. The number of rotatable bonds is 5. The Morgan fingerprint density at radius 3 is 2.90 bits per heavy atom. The molecule has 0 saturated heterocycles. The predicted octanol–water partition coefficient (Wildman–Crippen LogP) is 0.534. The van der Waals surface area contributed by atoms with Gasteiger partial charge >= 0.3 is 0 Å². The predicted molar refractivity (Wildman–Crippen MR) is 43.3 cm³/mol. The van der Waals surface area contributed by atoms with Crippen LogP contribution < -0.4 is 5.32 Å². The number of alkyl halides is 1. The molecule has 0 aliphatic carbocycles. The van der Waals surface area contributed by atoms with Crippen LogP contribution in [0.2, 0.25) is 0 Å². The van der Waals surface area contributed by atoms with E-state index in [0.29, 0.717) is 25.1 Å². The summed E-state index contributed by atoms with van der Waals surface area (Å²) in [5, 5.41) is 3.02. The highest BCUT2D eigenvalue weighted by atomic mass is 79.9. The third kappa shape index (κ3) is 6.04. The SMILES string of the molecule is CCOCCNC(=O)CBr. The van der Waals surface area contributed by atoms with E-state index in [9.17, 15) is 4.79 Å². The fraction of sp³-hybridized carbons (Fsp3) is 0.833. The summed E-state index contributed by atoms with van der Waals surface area (Å²) in [5.41, 5.74) is 0. The lowest BCUT2D eigenvalue weighted by molar-refractivity contribution is -0.118. The zero-order valence-corrected chi connectivity index (χ0v) is 7.61. The molecule has 0 radical (unpaired) electrons. The lowest BCUT2D eigenvalue weighted by atomic mass is 10.6. The molecule has 0 fully saturated rings. The lowest BCUT2D eigenvalue weighted by Crippen LogP contribution is -2.27. The molecule has 0 aliphatic rings. The van der Waals surface area contributed by atoms with Gasteiger partial charge in [-0.2, -0.15) is 0 Å². The van der Waals surface area contributed by atoms with Crippen LogP contribution in [0.1, 0.15) is 6.92 Å². The quantitative estimate of drug-likeness (QED) is 0.531. The minimum Gasteiger partial charge on any atom is -0.380 e. The maximum atomic E-state index is 10.6. The number of carbonyl (C=O) groups excluding carboxylic acids is 1. The molecule has 0 unspecified atom stereocenters. The van der Waals surface area contributed by atoms with Crippen molar-refractivity contribution in [1.82, 2.24) is 5.32 Å². The standard InChI is InChI=1S/C6H12BrNO2/c1-2-10-4-3-8-6(9)5-7/h2-5H2,1H3,(H,8,9). The van der Waals surface area contributed by atoms with Gasteiger partial charge < -0.3 is 10.1 Å². The van der Waals surface area contributed by atoms with Gasteiger partial charge in [0.1, 0.15) is 0 Å². The zero-order valence-electron chi connectivity index (χ0n) is 6.02. The smallest absolute Gasteiger partial charge is 0.230 e. The molecule has 0 heterocycles. The van der Waals surface area contributed by atoms with E-state index in [2.05, 4.69) is 21.2 Å². The highest BCUT2D eigenvalue weighted by Gasteiger charge is 1.94. The monoisotopic (exact) mass is 209 g/mol. The van der Waals surface area contributed by atoms with Gasteiger partial charge in [0, 0.05) is 13.2 Å². The van der Waals surface area contributed by atoms with E-state index in [1.165, 1.54) is 0 Å².